The number of sulfonamides is 1. The summed E-state index contributed by atoms with van der Waals surface area (Å²) in [5, 5.41) is 0.738. The number of benzene rings is 2. The molecular formula is C25H32ClN3O3S. The minimum Gasteiger partial charge on any atom is -0.495 e. The van der Waals surface area contributed by atoms with Crippen molar-refractivity contribution in [3.8, 4) is 5.75 Å². The third-order valence-electron chi connectivity index (χ3n) is 7.18. The number of hydrogen-bond acceptors (Lipinski definition) is 5. The molecule has 2 aromatic carbocycles. The van der Waals surface area contributed by atoms with E-state index in [0.717, 1.165) is 43.1 Å². The number of hydrogen-bond donors (Lipinski definition) is 0. The Kier molecular flexibility index (Phi) is 6.44. The topological polar surface area (TPSA) is 53.1 Å². The number of methoxy groups -OCH3 is 1. The van der Waals surface area contributed by atoms with Gasteiger partial charge in [-0.2, -0.15) is 4.31 Å². The van der Waals surface area contributed by atoms with Crippen LogP contribution in [0.3, 0.4) is 0 Å². The van der Waals surface area contributed by atoms with E-state index in [-0.39, 0.29) is 17.1 Å². The first-order chi connectivity index (χ1) is 15.9. The van der Waals surface area contributed by atoms with Crippen LogP contribution in [-0.2, 0) is 16.4 Å². The summed E-state index contributed by atoms with van der Waals surface area (Å²) in [6.45, 7) is 5.10. The summed E-state index contributed by atoms with van der Waals surface area (Å²) in [4.78, 5) is 5.21. The van der Waals surface area contributed by atoms with Crippen LogP contribution < -0.4 is 4.74 Å². The fourth-order valence-electron chi connectivity index (χ4n) is 5.36. The molecule has 2 unspecified atom stereocenters. The molecule has 0 amide bonds. The van der Waals surface area contributed by atoms with Crippen LogP contribution in [0.4, 0.5) is 0 Å². The van der Waals surface area contributed by atoms with Gasteiger partial charge in [0.25, 0.3) is 0 Å². The highest BCUT2D eigenvalue weighted by Crippen LogP contribution is 2.37. The third-order valence-corrected chi connectivity index (χ3v) is 9.35. The Morgan fingerprint density at radius 2 is 1.82 bits per heavy atom. The number of nitrogens with zero attached hydrogens (tertiary/aromatic N) is 3. The van der Waals surface area contributed by atoms with Crippen LogP contribution in [0, 0.1) is 6.92 Å². The Hall–Kier alpha value is -1.64. The van der Waals surface area contributed by atoms with E-state index in [0.29, 0.717) is 18.3 Å². The number of aryl methyl sites for hydroxylation is 1. The van der Waals surface area contributed by atoms with E-state index in [1.54, 1.807) is 16.4 Å². The molecule has 178 valence electrons. The minimum absolute atomic E-state index is 0.166. The standard InChI is InChI=1S/C25H32ClN3O3S/c1-18-4-11-23(32-2)24(14-18)33(30,31)29-13-3-12-28-22(15-19-5-7-20(26)8-6-19)16-27(17-25(28)29)21-9-10-21/h4-8,11,14,21-22,25H,3,9-10,12-13,15-17H2,1-2H3. The van der Waals surface area contributed by atoms with Crippen LogP contribution in [0.1, 0.15) is 30.4 Å². The van der Waals surface area contributed by atoms with Gasteiger partial charge in [0, 0.05) is 43.3 Å². The van der Waals surface area contributed by atoms with Gasteiger partial charge in [0.1, 0.15) is 10.6 Å². The summed E-state index contributed by atoms with van der Waals surface area (Å²) in [7, 11) is -2.17. The zero-order valence-electron chi connectivity index (χ0n) is 19.3. The highest BCUT2D eigenvalue weighted by molar-refractivity contribution is 7.89. The van der Waals surface area contributed by atoms with Crippen molar-refractivity contribution < 1.29 is 13.2 Å². The molecule has 2 atom stereocenters. The Bertz CT molecular complexity index is 1100. The normalized spacial score (nSPS) is 25.1. The maximum atomic E-state index is 14.0. The molecule has 1 saturated carbocycles. The van der Waals surface area contributed by atoms with Crippen LogP contribution in [-0.4, -0.2) is 74.1 Å². The molecule has 2 aromatic rings. The molecule has 5 rings (SSSR count). The van der Waals surface area contributed by atoms with Crippen molar-refractivity contribution in [2.45, 2.75) is 55.8 Å². The van der Waals surface area contributed by atoms with E-state index in [9.17, 15) is 8.42 Å². The number of fused-ring (bicyclic) bond motifs is 1. The highest BCUT2D eigenvalue weighted by Gasteiger charge is 2.47. The molecule has 3 aliphatic rings. The summed E-state index contributed by atoms with van der Waals surface area (Å²) in [5.41, 5.74) is 2.15. The maximum absolute atomic E-state index is 14.0. The molecule has 2 saturated heterocycles. The average Bonchev–Trinajstić information content (AvgIpc) is 3.65. The number of rotatable bonds is 6. The second kappa shape index (κ2) is 9.19. The van der Waals surface area contributed by atoms with Gasteiger partial charge in [0.15, 0.2) is 0 Å². The zero-order chi connectivity index (χ0) is 23.2. The predicted molar refractivity (Wildman–Crippen MR) is 130 cm³/mol. The molecule has 0 N–H and O–H groups in total. The van der Waals surface area contributed by atoms with Gasteiger partial charge in [-0.25, -0.2) is 8.42 Å². The first-order valence-electron chi connectivity index (χ1n) is 11.8. The van der Waals surface area contributed by atoms with Gasteiger partial charge in [-0.3, -0.25) is 9.80 Å². The van der Waals surface area contributed by atoms with Crippen LogP contribution >= 0.6 is 11.6 Å². The molecule has 1 aliphatic carbocycles. The second-order valence-corrected chi connectivity index (χ2v) is 11.8. The lowest BCUT2D eigenvalue weighted by Crippen LogP contribution is -2.68. The lowest BCUT2D eigenvalue weighted by molar-refractivity contribution is -0.0503. The fourth-order valence-corrected chi connectivity index (χ4v) is 7.36. The van der Waals surface area contributed by atoms with Crippen molar-refractivity contribution >= 4 is 21.6 Å². The second-order valence-electron chi connectivity index (χ2n) is 9.51. The van der Waals surface area contributed by atoms with Crippen molar-refractivity contribution in [1.82, 2.24) is 14.1 Å². The largest absolute Gasteiger partial charge is 0.495 e. The molecule has 8 heteroatoms. The SMILES string of the molecule is COc1ccc(C)cc1S(=O)(=O)N1CCCN2C(Cc3ccc(Cl)cc3)CN(C3CC3)CC21. The molecule has 2 aliphatic heterocycles. The molecule has 0 radical (unpaired) electrons. The van der Waals surface area contributed by atoms with E-state index in [4.69, 9.17) is 16.3 Å². The summed E-state index contributed by atoms with van der Waals surface area (Å²) in [6.07, 6.45) is 3.96. The van der Waals surface area contributed by atoms with Gasteiger partial charge in [-0.1, -0.05) is 29.8 Å². The van der Waals surface area contributed by atoms with E-state index in [1.807, 2.05) is 25.1 Å². The van der Waals surface area contributed by atoms with Crippen molar-refractivity contribution in [2.24, 2.45) is 0 Å². The summed E-state index contributed by atoms with van der Waals surface area (Å²) < 4.78 is 35.1. The van der Waals surface area contributed by atoms with Crippen molar-refractivity contribution in [3.63, 3.8) is 0 Å². The van der Waals surface area contributed by atoms with Gasteiger partial charge < -0.3 is 4.74 Å². The molecule has 3 fully saturated rings. The molecular weight excluding hydrogens is 458 g/mol. The number of ether oxygens (including phenoxy) is 1. The number of halogens is 1. The smallest absolute Gasteiger partial charge is 0.248 e. The maximum Gasteiger partial charge on any atom is 0.248 e. The Morgan fingerprint density at radius 1 is 1.06 bits per heavy atom. The summed E-state index contributed by atoms with van der Waals surface area (Å²) in [6, 6.07) is 14.3. The first-order valence-corrected chi connectivity index (χ1v) is 13.6. The lowest BCUT2D eigenvalue weighted by Gasteiger charge is -2.53. The van der Waals surface area contributed by atoms with Crippen LogP contribution in [0.15, 0.2) is 47.4 Å². The summed E-state index contributed by atoms with van der Waals surface area (Å²) >= 11 is 6.10. The van der Waals surface area contributed by atoms with Gasteiger partial charge in [0.05, 0.1) is 13.3 Å². The fraction of sp³-hybridized carbons (Fsp3) is 0.520. The third kappa shape index (κ3) is 4.66. The number of piperazine rings is 1. The van der Waals surface area contributed by atoms with Gasteiger partial charge in [-0.15, -0.1) is 0 Å². The first kappa shape index (κ1) is 23.1. The molecule has 6 nitrogen and oxygen atoms in total. The van der Waals surface area contributed by atoms with Gasteiger partial charge in [0.2, 0.25) is 10.0 Å². The molecule has 0 spiro atoms. The average molecular weight is 490 g/mol. The lowest BCUT2D eigenvalue weighted by atomic mass is 9.99. The van der Waals surface area contributed by atoms with Crippen LogP contribution in [0.25, 0.3) is 0 Å². The van der Waals surface area contributed by atoms with Crippen LogP contribution in [0.5, 0.6) is 5.75 Å². The minimum atomic E-state index is -3.71. The zero-order valence-corrected chi connectivity index (χ0v) is 20.9. The van der Waals surface area contributed by atoms with Gasteiger partial charge >= 0.3 is 0 Å². The van der Waals surface area contributed by atoms with Crippen LogP contribution in [0.2, 0.25) is 5.02 Å². The monoisotopic (exact) mass is 489 g/mol. The molecule has 33 heavy (non-hydrogen) atoms. The summed E-state index contributed by atoms with van der Waals surface area (Å²) in [5.74, 6) is 0.408. The molecule has 0 aromatic heterocycles. The Labute approximate surface area is 202 Å². The van der Waals surface area contributed by atoms with Crippen molar-refractivity contribution in [2.75, 3.05) is 33.3 Å². The van der Waals surface area contributed by atoms with E-state index < -0.39 is 10.0 Å². The predicted octanol–water partition coefficient (Wildman–Crippen LogP) is 3.77. The van der Waals surface area contributed by atoms with E-state index >= 15 is 0 Å². The Morgan fingerprint density at radius 3 is 2.52 bits per heavy atom. The van der Waals surface area contributed by atoms with Crippen molar-refractivity contribution in [1.29, 1.82) is 0 Å². The molecule has 0 bridgehead atoms. The van der Waals surface area contributed by atoms with Gasteiger partial charge in [-0.05, 0) is 68.0 Å². The van der Waals surface area contributed by atoms with Crippen molar-refractivity contribution in [3.05, 3.63) is 58.6 Å². The van der Waals surface area contributed by atoms with E-state index in [2.05, 4.69) is 21.9 Å². The Balaban J connectivity index is 1.48. The molecule has 2 heterocycles. The van der Waals surface area contributed by atoms with E-state index in [1.165, 1.54) is 25.5 Å². The highest BCUT2D eigenvalue weighted by atomic mass is 35.5. The quantitative estimate of drug-likeness (QED) is 0.618.